The number of nitrogens with zero attached hydrogens (tertiary/aromatic N) is 2. The third kappa shape index (κ3) is 2.87. The molecular formula is C17H20N2OS. The van der Waals surface area contributed by atoms with Crippen LogP contribution in [0.3, 0.4) is 0 Å². The number of rotatable bonds is 4. The van der Waals surface area contributed by atoms with Crippen molar-refractivity contribution in [1.82, 2.24) is 4.90 Å². The maximum absolute atomic E-state index is 12.4. The number of ketones is 1. The van der Waals surface area contributed by atoms with Crippen LogP contribution in [0.4, 0.5) is 11.4 Å². The predicted molar refractivity (Wildman–Crippen MR) is 89.0 cm³/mol. The molecule has 2 aromatic rings. The molecule has 110 valence electrons. The number of benzene rings is 1. The third-order valence-corrected chi connectivity index (χ3v) is 4.75. The third-order valence-electron chi connectivity index (χ3n) is 3.81. The minimum Gasteiger partial charge on any atom is -0.340 e. The largest absolute Gasteiger partial charge is 0.340 e. The van der Waals surface area contributed by atoms with Crippen LogP contribution in [0, 0.1) is 0 Å². The molecule has 0 N–H and O–H groups in total. The first-order valence-corrected chi connectivity index (χ1v) is 8.15. The molecule has 1 aromatic carbocycles. The van der Waals surface area contributed by atoms with Crippen molar-refractivity contribution in [2.24, 2.45) is 0 Å². The topological polar surface area (TPSA) is 23.6 Å². The lowest BCUT2D eigenvalue weighted by Crippen LogP contribution is -2.23. The van der Waals surface area contributed by atoms with Gasteiger partial charge in [0, 0.05) is 18.7 Å². The summed E-state index contributed by atoms with van der Waals surface area (Å²) in [5.74, 6) is 0.238. The van der Waals surface area contributed by atoms with Gasteiger partial charge in [-0.3, -0.25) is 4.79 Å². The van der Waals surface area contributed by atoms with E-state index in [0.29, 0.717) is 6.42 Å². The second-order valence-corrected chi connectivity index (χ2v) is 6.59. The highest BCUT2D eigenvalue weighted by molar-refractivity contribution is 7.12. The van der Waals surface area contributed by atoms with Gasteiger partial charge in [0.15, 0.2) is 5.78 Å². The van der Waals surface area contributed by atoms with Crippen molar-refractivity contribution in [2.75, 3.05) is 32.1 Å². The van der Waals surface area contributed by atoms with E-state index in [1.807, 2.05) is 11.4 Å². The molecule has 0 amide bonds. The minimum atomic E-state index is 0.238. The van der Waals surface area contributed by atoms with E-state index in [-0.39, 0.29) is 5.78 Å². The molecule has 1 aliphatic heterocycles. The molecule has 0 saturated carbocycles. The molecule has 0 aliphatic carbocycles. The maximum Gasteiger partial charge on any atom is 0.179 e. The Kier molecular flexibility index (Phi) is 4.08. The number of hydrogen-bond donors (Lipinski definition) is 0. The van der Waals surface area contributed by atoms with Gasteiger partial charge in [-0.05, 0) is 50.1 Å². The number of para-hydroxylation sites is 1. The van der Waals surface area contributed by atoms with Gasteiger partial charge in [-0.15, -0.1) is 11.3 Å². The zero-order chi connectivity index (χ0) is 14.8. The number of hydrogen-bond acceptors (Lipinski definition) is 4. The zero-order valence-electron chi connectivity index (χ0n) is 12.5. The number of carbonyl (C=O) groups excluding carboxylic acids is 1. The van der Waals surface area contributed by atoms with Crippen LogP contribution in [0.5, 0.6) is 0 Å². The summed E-state index contributed by atoms with van der Waals surface area (Å²) in [6.07, 6.45) is 1.58. The van der Waals surface area contributed by atoms with Crippen LogP contribution >= 0.6 is 11.3 Å². The van der Waals surface area contributed by atoms with E-state index in [0.717, 1.165) is 35.6 Å². The van der Waals surface area contributed by atoms with E-state index in [9.17, 15) is 4.79 Å². The van der Waals surface area contributed by atoms with Crippen molar-refractivity contribution in [1.29, 1.82) is 0 Å². The summed E-state index contributed by atoms with van der Waals surface area (Å²) in [5.41, 5.74) is 3.39. The molecule has 21 heavy (non-hydrogen) atoms. The number of anilines is 2. The van der Waals surface area contributed by atoms with Gasteiger partial charge in [0.1, 0.15) is 0 Å². The lowest BCUT2D eigenvalue weighted by atomic mass is 10.1. The number of fused-ring (bicyclic) bond motifs is 2. The van der Waals surface area contributed by atoms with Gasteiger partial charge in [-0.2, -0.15) is 0 Å². The Bertz CT molecular complexity index is 648. The smallest absolute Gasteiger partial charge is 0.179 e. The Hall–Kier alpha value is -1.65. The molecule has 0 bridgehead atoms. The quantitative estimate of drug-likeness (QED) is 0.862. The summed E-state index contributed by atoms with van der Waals surface area (Å²) in [6, 6.07) is 10.4. The van der Waals surface area contributed by atoms with E-state index >= 15 is 0 Å². The summed E-state index contributed by atoms with van der Waals surface area (Å²) in [6.45, 7) is 1.98. The molecule has 1 aromatic heterocycles. The van der Waals surface area contributed by atoms with Gasteiger partial charge in [-0.25, -0.2) is 0 Å². The van der Waals surface area contributed by atoms with Crippen molar-refractivity contribution in [2.45, 2.75) is 12.8 Å². The summed E-state index contributed by atoms with van der Waals surface area (Å²) in [4.78, 5) is 17.8. The summed E-state index contributed by atoms with van der Waals surface area (Å²) < 4.78 is 0. The second-order valence-electron chi connectivity index (χ2n) is 5.67. The monoisotopic (exact) mass is 300 g/mol. The molecule has 0 unspecified atom stereocenters. The Labute approximate surface area is 129 Å². The molecule has 0 atom stereocenters. The van der Waals surface area contributed by atoms with Crippen LogP contribution in [-0.4, -0.2) is 37.9 Å². The molecular weight excluding hydrogens is 280 g/mol. The summed E-state index contributed by atoms with van der Waals surface area (Å²) >= 11 is 1.56. The van der Waals surface area contributed by atoms with Gasteiger partial charge in [0.2, 0.25) is 0 Å². The number of Topliss-reactive ketones (excluding diaryl/α,β-unsaturated/α-hetero) is 1. The van der Waals surface area contributed by atoms with Crippen molar-refractivity contribution in [3.05, 3.63) is 46.2 Å². The lowest BCUT2D eigenvalue weighted by Gasteiger charge is -2.25. The fourth-order valence-corrected chi connectivity index (χ4v) is 3.65. The lowest BCUT2D eigenvalue weighted by molar-refractivity contribution is 0.0998. The molecule has 0 fully saturated rings. The Morgan fingerprint density at radius 1 is 1.19 bits per heavy atom. The molecule has 1 aliphatic rings. The number of carbonyl (C=O) groups is 1. The van der Waals surface area contributed by atoms with Gasteiger partial charge < -0.3 is 9.80 Å². The van der Waals surface area contributed by atoms with E-state index in [1.165, 1.54) is 5.69 Å². The molecule has 2 heterocycles. The molecule has 4 heteroatoms. The van der Waals surface area contributed by atoms with Gasteiger partial charge in [-0.1, -0.05) is 18.2 Å². The molecule has 0 spiro atoms. The maximum atomic E-state index is 12.4. The van der Waals surface area contributed by atoms with Crippen molar-refractivity contribution in [3.63, 3.8) is 0 Å². The highest BCUT2D eigenvalue weighted by Crippen LogP contribution is 2.38. The van der Waals surface area contributed by atoms with E-state index in [2.05, 4.69) is 48.2 Å². The van der Waals surface area contributed by atoms with Crippen molar-refractivity contribution in [3.8, 4) is 0 Å². The first-order chi connectivity index (χ1) is 10.2. The fourth-order valence-electron chi connectivity index (χ4n) is 2.82. The molecule has 0 radical (unpaired) electrons. The molecule has 3 rings (SSSR count). The van der Waals surface area contributed by atoms with Gasteiger partial charge >= 0.3 is 0 Å². The standard InChI is InChI=1S/C17H20N2OS/c1-18(2)9-5-10-19-14-7-4-3-6-13(14)12-16(20)17-15(19)8-11-21-17/h3-4,6-8,11H,5,9-10,12H2,1-2H3. The summed E-state index contributed by atoms with van der Waals surface area (Å²) in [5, 5.41) is 2.02. The number of thiophene rings is 1. The Morgan fingerprint density at radius 2 is 2.00 bits per heavy atom. The highest BCUT2D eigenvalue weighted by Gasteiger charge is 2.25. The first-order valence-electron chi connectivity index (χ1n) is 7.27. The Balaban J connectivity index is 1.97. The normalized spacial score (nSPS) is 14.0. The minimum absolute atomic E-state index is 0.238. The van der Waals surface area contributed by atoms with Crippen molar-refractivity contribution >= 4 is 28.5 Å². The van der Waals surface area contributed by atoms with Crippen LogP contribution in [0.25, 0.3) is 0 Å². The predicted octanol–water partition coefficient (Wildman–Crippen LogP) is 3.58. The van der Waals surface area contributed by atoms with Gasteiger partial charge in [0.05, 0.1) is 10.6 Å². The average Bonchev–Trinajstić information content (AvgIpc) is 2.90. The molecule has 3 nitrogen and oxygen atoms in total. The Morgan fingerprint density at radius 3 is 2.81 bits per heavy atom. The van der Waals surface area contributed by atoms with E-state index in [1.54, 1.807) is 11.3 Å². The zero-order valence-corrected chi connectivity index (χ0v) is 13.3. The van der Waals surface area contributed by atoms with Crippen molar-refractivity contribution < 1.29 is 4.79 Å². The van der Waals surface area contributed by atoms with Crippen LogP contribution in [0.1, 0.15) is 21.7 Å². The van der Waals surface area contributed by atoms with Crippen LogP contribution < -0.4 is 4.90 Å². The fraction of sp³-hybridized carbons (Fsp3) is 0.353. The van der Waals surface area contributed by atoms with E-state index < -0.39 is 0 Å². The first kappa shape index (κ1) is 14.3. The van der Waals surface area contributed by atoms with Crippen LogP contribution in [0.2, 0.25) is 0 Å². The van der Waals surface area contributed by atoms with Gasteiger partial charge in [0.25, 0.3) is 0 Å². The SMILES string of the molecule is CN(C)CCCN1c2ccccc2CC(=O)c2sccc21. The second kappa shape index (κ2) is 6.00. The van der Waals surface area contributed by atoms with E-state index in [4.69, 9.17) is 0 Å². The van der Waals surface area contributed by atoms with Crippen LogP contribution in [0.15, 0.2) is 35.7 Å². The highest BCUT2D eigenvalue weighted by atomic mass is 32.1. The average molecular weight is 300 g/mol. The summed E-state index contributed by atoms with van der Waals surface area (Å²) in [7, 11) is 4.19. The van der Waals surface area contributed by atoms with Crippen LogP contribution in [-0.2, 0) is 6.42 Å². The molecule has 0 saturated heterocycles.